The predicted molar refractivity (Wildman–Crippen MR) is 80.1 cm³/mol. The fraction of sp³-hybridized carbons (Fsp3) is 0.467. The number of quaternary nitrogens is 1. The Hall–Kier alpha value is -1.88. The van der Waals surface area contributed by atoms with Gasteiger partial charge in [0, 0.05) is 0 Å². The quantitative estimate of drug-likeness (QED) is 0.750. The highest BCUT2D eigenvalue weighted by atomic mass is 15.4. The molecule has 1 aromatic carbocycles. The van der Waals surface area contributed by atoms with E-state index >= 15 is 0 Å². The van der Waals surface area contributed by atoms with E-state index in [4.69, 9.17) is 0 Å². The summed E-state index contributed by atoms with van der Waals surface area (Å²) in [5.41, 5.74) is 2.35. The van der Waals surface area contributed by atoms with Crippen molar-refractivity contribution in [1.29, 1.82) is 0 Å². The average molecular weight is 272 g/mol. The SMILES string of the molecule is CC[NH+](CC)CCn1c2ccccc2n2nc(C)nc12. The molecule has 106 valence electrons. The van der Waals surface area contributed by atoms with E-state index in [9.17, 15) is 0 Å². The lowest BCUT2D eigenvalue weighted by Gasteiger charge is -2.15. The summed E-state index contributed by atoms with van der Waals surface area (Å²) in [4.78, 5) is 6.19. The molecule has 2 heterocycles. The Labute approximate surface area is 118 Å². The number of para-hydroxylation sites is 2. The zero-order chi connectivity index (χ0) is 14.1. The van der Waals surface area contributed by atoms with Gasteiger partial charge in [-0.05, 0) is 32.9 Å². The zero-order valence-corrected chi connectivity index (χ0v) is 12.4. The molecule has 0 atom stereocenters. The Morgan fingerprint density at radius 2 is 1.80 bits per heavy atom. The minimum atomic E-state index is 0.828. The van der Waals surface area contributed by atoms with Crippen LogP contribution in [0.25, 0.3) is 16.8 Å². The Balaban J connectivity index is 2.06. The molecule has 0 fully saturated rings. The summed E-state index contributed by atoms with van der Waals surface area (Å²) in [5.74, 6) is 1.78. The molecule has 2 aromatic heterocycles. The number of benzene rings is 1. The van der Waals surface area contributed by atoms with Crippen molar-refractivity contribution in [2.45, 2.75) is 27.3 Å². The van der Waals surface area contributed by atoms with Crippen molar-refractivity contribution in [1.82, 2.24) is 19.2 Å². The molecule has 0 bridgehead atoms. The molecule has 5 heteroatoms. The van der Waals surface area contributed by atoms with Gasteiger partial charge < -0.3 is 9.47 Å². The monoisotopic (exact) mass is 272 g/mol. The molecule has 3 rings (SSSR count). The highest BCUT2D eigenvalue weighted by Gasteiger charge is 2.14. The number of nitrogens with zero attached hydrogens (tertiary/aromatic N) is 4. The van der Waals surface area contributed by atoms with E-state index < -0.39 is 0 Å². The number of aryl methyl sites for hydroxylation is 1. The third-order valence-corrected chi connectivity index (χ3v) is 4.03. The van der Waals surface area contributed by atoms with Gasteiger partial charge in [0.2, 0.25) is 5.78 Å². The Morgan fingerprint density at radius 3 is 2.50 bits per heavy atom. The maximum atomic E-state index is 4.59. The van der Waals surface area contributed by atoms with Crippen LogP contribution in [0, 0.1) is 6.92 Å². The van der Waals surface area contributed by atoms with E-state index in [0.29, 0.717) is 0 Å². The lowest BCUT2D eigenvalue weighted by Crippen LogP contribution is -3.11. The molecular weight excluding hydrogens is 250 g/mol. The van der Waals surface area contributed by atoms with E-state index in [1.54, 1.807) is 4.90 Å². The Morgan fingerprint density at radius 1 is 1.10 bits per heavy atom. The molecule has 3 aromatic rings. The van der Waals surface area contributed by atoms with Gasteiger partial charge in [-0.2, -0.15) is 9.50 Å². The molecule has 0 saturated heterocycles. The second-order valence-corrected chi connectivity index (χ2v) is 5.22. The number of rotatable bonds is 5. The van der Waals surface area contributed by atoms with E-state index in [1.807, 2.05) is 11.4 Å². The molecule has 0 aliphatic carbocycles. The molecule has 0 amide bonds. The second kappa shape index (κ2) is 5.25. The Bertz CT molecular complexity index is 720. The van der Waals surface area contributed by atoms with Crippen LogP contribution >= 0.6 is 0 Å². The number of fused-ring (bicyclic) bond motifs is 3. The lowest BCUT2D eigenvalue weighted by atomic mass is 10.3. The number of hydrogen-bond acceptors (Lipinski definition) is 2. The van der Waals surface area contributed by atoms with Gasteiger partial charge in [-0.1, -0.05) is 12.1 Å². The fourth-order valence-corrected chi connectivity index (χ4v) is 2.81. The highest BCUT2D eigenvalue weighted by Crippen LogP contribution is 2.18. The van der Waals surface area contributed by atoms with Gasteiger partial charge in [-0.3, -0.25) is 0 Å². The number of hydrogen-bond donors (Lipinski definition) is 1. The first-order chi connectivity index (χ1) is 9.74. The number of likely N-dealkylation sites (N-methyl/N-ethyl adjacent to an activating group) is 1. The fourth-order valence-electron chi connectivity index (χ4n) is 2.81. The highest BCUT2D eigenvalue weighted by molar-refractivity contribution is 5.80. The molecule has 0 spiro atoms. The molecule has 1 N–H and O–H groups in total. The van der Waals surface area contributed by atoms with Crippen LogP contribution in [-0.4, -0.2) is 38.8 Å². The van der Waals surface area contributed by atoms with Crippen molar-refractivity contribution in [2.75, 3.05) is 19.6 Å². The number of aromatic nitrogens is 4. The van der Waals surface area contributed by atoms with Crippen molar-refractivity contribution in [3.63, 3.8) is 0 Å². The molecule has 0 aliphatic rings. The molecule has 20 heavy (non-hydrogen) atoms. The molecule has 5 nitrogen and oxygen atoms in total. The van der Waals surface area contributed by atoms with E-state index in [2.05, 4.69) is 52.8 Å². The lowest BCUT2D eigenvalue weighted by molar-refractivity contribution is -0.897. The van der Waals surface area contributed by atoms with Gasteiger partial charge in [-0.15, -0.1) is 5.10 Å². The van der Waals surface area contributed by atoms with Crippen molar-refractivity contribution >= 4 is 16.8 Å². The van der Waals surface area contributed by atoms with Crippen LogP contribution in [0.4, 0.5) is 0 Å². The maximum absolute atomic E-state index is 4.59. The predicted octanol–water partition coefficient (Wildman–Crippen LogP) is 0.917. The van der Waals surface area contributed by atoms with Crippen LogP contribution < -0.4 is 4.90 Å². The number of nitrogens with one attached hydrogen (secondary N) is 1. The summed E-state index contributed by atoms with van der Waals surface area (Å²) in [6.45, 7) is 10.9. The topological polar surface area (TPSA) is 39.6 Å². The van der Waals surface area contributed by atoms with Crippen molar-refractivity contribution < 1.29 is 4.90 Å². The minimum absolute atomic E-state index is 0.828. The third kappa shape index (κ3) is 2.08. The molecule has 0 radical (unpaired) electrons. The van der Waals surface area contributed by atoms with Gasteiger partial charge >= 0.3 is 0 Å². The first kappa shape index (κ1) is 13.1. The van der Waals surface area contributed by atoms with Gasteiger partial charge in [0.15, 0.2) is 0 Å². The largest absolute Gasteiger partial charge is 0.334 e. The summed E-state index contributed by atoms with van der Waals surface area (Å²) < 4.78 is 4.25. The second-order valence-electron chi connectivity index (χ2n) is 5.22. The third-order valence-electron chi connectivity index (χ3n) is 4.03. The van der Waals surface area contributed by atoms with Crippen LogP contribution in [0.2, 0.25) is 0 Å². The minimum Gasteiger partial charge on any atom is -0.334 e. The molecular formula is C15H22N5+. The average Bonchev–Trinajstić information content (AvgIpc) is 2.97. The summed E-state index contributed by atoms with van der Waals surface area (Å²) >= 11 is 0. The normalized spacial score (nSPS) is 12.0. The van der Waals surface area contributed by atoms with Crippen LogP contribution in [0.3, 0.4) is 0 Å². The van der Waals surface area contributed by atoms with Gasteiger partial charge in [0.25, 0.3) is 0 Å². The summed E-state index contributed by atoms with van der Waals surface area (Å²) in [5, 5.41) is 4.51. The summed E-state index contributed by atoms with van der Waals surface area (Å²) in [7, 11) is 0. The maximum Gasteiger partial charge on any atom is 0.233 e. The zero-order valence-electron chi connectivity index (χ0n) is 12.4. The summed E-state index contributed by atoms with van der Waals surface area (Å²) in [6.07, 6.45) is 0. The van der Waals surface area contributed by atoms with Crippen LogP contribution in [0.15, 0.2) is 24.3 Å². The number of imidazole rings is 1. The van der Waals surface area contributed by atoms with Gasteiger partial charge in [0.05, 0.1) is 37.2 Å². The first-order valence-corrected chi connectivity index (χ1v) is 7.38. The molecule has 0 unspecified atom stereocenters. The standard InChI is InChI=1S/C15H21N5/c1-4-18(5-2)10-11-19-13-8-6-7-9-14(13)20-15(19)16-12(3)17-20/h6-9H,4-5,10-11H2,1-3H3/p+1. The van der Waals surface area contributed by atoms with Crippen molar-refractivity contribution in [2.24, 2.45) is 0 Å². The molecule has 0 saturated carbocycles. The van der Waals surface area contributed by atoms with Gasteiger partial charge in [0.1, 0.15) is 5.82 Å². The first-order valence-electron chi connectivity index (χ1n) is 7.38. The Kier molecular flexibility index (Phi) is 3.44. The van der Waals surface area contributed by atoms with Crippen molar-refractivity contribution in [3.05, 3.63) is 30.1 Å². The van der Waals surface area contributed by atoms with E-state index in [1.165, 1.54) is 5.52 Å². The van der Waals surface area contributed by atoms with Crippen LogP contribution in [0.5, 0.6) is 0 Å². The van der Waals surface area contributed by atoms with E-state index in [-0.39, 0.29) is 0 Å². The van der Waals surface area contributed by atoms with Crippen LogP contribution in [0.1, 0.15) is 19.7 Å². The van der Waals surface area contributed by atoms with E-state index in [0.717, 1.165) is 43.3 Å². The summed E-state index contributed by atoms with van der Waals surface area (Å²) in [6, 6.07) is 8.39. The van der Waals surface area contributed by atoms with Crippen molar-refractivity contribution in [3.8, 4) is 0 Å². The molecule has 0 aliphatic heterocycles. The van der Waals surface area contributed by atoms with Gasteiger partial charge in [-0.25, -0.2) is 0 Å². The van der Waals surface area contributed by atoms with Crippen LogP contribution in [-0.2, 0) is 6.54 Å². The smallest absolute Gasteiger partial charge is 0.233 e.